The molecule has 1 aromatic carbocycles. The molecule has 92 valence electrons. The Morgan fingerprint density at radius 3 is 2.78 bits per heavy atom. The average molecular weight is 343 g/mol. The number of halogens is 2. The van der Waals surface area contributed by atoms with Gasteiger partial charge in [-0.2, -0.15) is 0 Å². The van der Waals surface area contributed by atoms with Crippen LogP contribution in [0.3, 0.4) is 0 Å². The number of nitrogens with one attached hydrogen (secondary N) is 1. The summed E-state index contributed by atoms with van der Waals surface area (Å²) in [5, 5.41) is 3.87. The Balaban J connectivity index is 2.37. The molecule has 18 heavy (non-hydrogen) atoms. The molecule has 1 heterocycles. The van der Waals surface area contributed by atoms with Crippen LogP contribution in [0, 0.1) is 0 Å². The topological polar surface area (TPSA) is 50.9 Å². The summed E-state index contributed by atoms with van der Waals surface area (Å²) in [5.41, 5.74) is 8.04. The molecule has 3 N–H and O–H groups in total. The second-order valence-electron chi connectivity index (χ2n) is 3.53. The van der Waals surface area contributed by atoms with Gasteiger partial charge in [-0.1, -0.05) is 23.8 Å². The largest absolute Gasteiger partial charge is 0.389 e. The molecule has 0 unspecified atom stereocenters. The van der Waals surface area contributed by atoms with Crippen LogP contribution >= 0.6 is 39.7 Å². The van der Waals surface area contributed by atoms with Crippen molar-refractivity contribution < 1.29 is 0 Å². The first-order valence-corrected chi connectivity index (χ1v) is 6.62. The normalized spacial score (nSPS) is 10.1. The van der Waals surface area contributed by atoms with Gasteiger partial charge in [-0.3, -0.25) is 4.98 Å². The van der Waals surface area contributed by atoms with E-state index in [0.717, 1.165) is 21.4 Å². The molecule has 6 heteroatoms. The van der Waals surface area contributed by atoms with Gasteiger partial charge < -0.3 is 11.1 Å². The summed E-state index contributed by atoms with van der Waals surface area (Å²) in [6, 6.07) is 7.24. The molecule has 0 saturated heterocycles. The van der Waals surface area contributed by atoms with E-state index in [4.69, 9.17) is 29.6 Å². The minimum atomic E-state index is 0.324. The average Bonchev–Trinajstić information content (AvgIpc) is 2.33. The third-order valence-electron chi connectivity index (χ3n) is 2.29. The Kier molecular flexibility index (Phi) is 4.16. The van der Waals surface area contributed by atoms with Crippen molar-refractivity contribution >= 4 is 56.1 Å². The Hall–Kier alpha value is -1.17. The maximum atomic E-state index is 5.89. The Labute approximate surface area is 123 Å². The van der Waals surface area contributed by atoms with E-state index >= 15 is 0 Å². The second kappa shape index (κ2) is 5.65. The summed E-state index contributed by atoms with van der Waals surface area (Å²) in [7, 11) is 0. The highest BCUT2D eigenvalue weighted by molar-refractivity contribution is 9.10. The van der Waals surface area contributed by atoms with E-state index in [0.29, 0.717) is 10.0 Å². The lowest BCUT2D eigenvalue weighted by Gasteiger charge is -2.12. The molecular formula is C12H9BrClN3S. The molecule has 0 amide bonds. The Morgan fingerprint density at radius 2 is 2.11 bits per heavy atom. The molecular weight excluding hydrogens is 334 g/mol. The van der Waals surface area contributed by atoms with Gasteiger partial charge >= 0.3 is 0 Å². The first-order valence-electron chi connectivity index (χ1n) is 5.04. The number of hydrogen-bond acceptors (Lipinski definition) is 3. The van der Waals surface area contributed by atoms with Crippen molar-refractivity contribution in [2.75, 3.05) is 5.32 Å². The number of rotatable bonds is 3. The van der Waals surface area contributed by atoms with Gasteiger partial charge in [0.25, 0.3) is 0 Å². The predicted molar refractivity (Wildman–Crippen MR) is 82.6 cm³/mol. The van der Waals surface area contributed by atoms with E-state index in [1.807, 2.05) is 6.07 Å². The minimum absolute atomic E-state index is 0.324. The number of nitrogens with two attached hydrogens (primary N) is 1. The van der Waals surface area contributed by atoms with Crippen molar-refractivity contribution in [2.24, 2.45) is 5.73 Å². The quantitative estimate of drug-likeness (QED) is 0.831. The van der Waals surface area contributed by atoms with Crippen molar-refractivity contribution in [3.8, 4) is 0 Å². The van der Waals surface area contributed by atoms with Crippen molar-refractivity contribution in [3.05, 3.63) is 51.7 Å². The molecule has 0 aliphatic rings. The van der Waals surface area contributed by atoms with Gasteiger partial charge in [0.15, 0.2) is 0 Å². The Morgan fingerprint density at radius 1 is 1.33 bits per heavy atom. The van der Waals surface area contributed by atoms with Gasteiger partial charge in [0, 0.05) is 21.3 Å². The maximum Gasteiger partial charge on any atom is 0.106 e. The van der Waals surface area contributed by atoms with Crippen LogP contribution in [0.4, 0.5) is 11.4 Å². The summed E-state index contributed by atoms with van der Waals surface area (Å²) in [5.74, 6) is 0. The number of hydrogen-bond donors (Lipinski definition) is 2. The summed E-state index contributed by atoms with van der Waals surface area (Å²) in [6.07, 6.45) is 3.33. The number of benzene rings is 1. The summed E-state index contributed by atoms with van der Waals surface area (Å²) < 4.78 is 0.854. The zero-order valence-electron chi connectivity index (χ0n) is 9.15. The lowest BCUT2D eigenvalue weighted by Crippen LogP contribution is -2.12. The predicted octanol–water partition coefficient (Wildman–Crippen LogP) is 3.88. The van der Waals surface area contributed by atoms with Crippen LogP contribution in [0.2, 0.25) is 5.02 Å². The number of aromatic nitrogens is 1. The van der Waals surface area contributed by atoms with Gasteiger partial charge in [0.1, 0.15) is 4.99 Å². The molecule has 1 aromatic heterocycles. The lowest BCUT2D eigenvalue weighted by molar-refractivity contribution is 1.31. The van der Waals surface area contributed by atoms with E-state index in [1.165, 1.54) is 0 Å². The van der Waals surface area contributed by atoms with Crippen molar-refractivity contribution in [1.82, 2.24) is 4.98 Å². The zero-order valence-corrected chi connectivity index (χ0v) is 12.3. The van der Waals surface area contributed by atoms with Gasteiger partial charge in [0.05, 0.1) is 17.6 Å². The van der Waals surface area contributed by atoms with E-state index < -0.39 is 0 Å². The highest BCUT2D eigenvalue weighted by atomic mass is 79.9. The third kappa shape index (κ3) is 2.98. The van der Waals surface area contributed by atoms with Gasteiger partial charge in [0.2, 0.25) is 0 Å². The molecule has 2 aromatic rings. The fraction of sp³-hybridized carbons (Fsp3) is 0. The molecule has 0 radical (unpaired) electrons. The van der Waals surface area contributed by atoms with Crippen molar-refractivity contribution in [1.29, 1.82) is 0 Å². The number of anilines is 2. The molecule has 0 saturated carbocycles. The van der Waals surface area contributed by atoms with Gasteiger partial charge in [-0.25, -0.2) is 0 Å². The SMILES string of the molecule is NC(=S)c1ccncc1Nc1ccc(Cl)cc1Br. The fourth-order valence-corrected chi connectivity index (χ4v) is 2.40. The summed E-state index contributed by atoms with van der Waals surface area (Å²) in [6.45, 7) is 0. The number of nitrogens with zero attached hydrogens (tertiary/aromatic N) is 1. The number of thiocarbonyl (C=S) groups is 1. The fourth-order valence-electron chi connectivity index (χ4n) is 1.44. The molecule has 2 rings (SSSR count). The third-order valence-corrected chi connectivity index (χ3v) is 3.40. The van der Waals surface area contributed by atoms with Crippen LogP contribution in [0.1, 0.15) is 5.56 Å². The van der Waals surface area contributed by atoms with E-state index in [-0.39, 0.29) is 0 Å². The van der Waals surface area contributed by atoms with Crippen molar-refractivity contribution in [2.45, 2.75) is 0 Å². The molecule has 0 fully saturated rings. The van der Waals surface area contributed by atoms with Crippen LogP contribution < -0.4 is 11.1 Å². The standard InChI is InChI=1S/C12H9BrClN3S/c13-9-5-7(14)1-2-10(9)17-11-6-16-4-3-8(11)12(15)18/h1-6,17H,(H2,15,18). The molecule has 0 aliphatic carbocycles. The Bertz CT molecular complexity index is 604. The summed E-state index contributed by atoms with van der Waals surface area (Å²) in [4.78, 5) is 4.38. The zero-order chi connectivity index (χ0) is 13.1. The van der Waals surface area contributed by atoms with Gasteiger partial charge in [-0.05, 0) is 40.2 Å². The molecule has 0 bridgehead atoms. The van der Waals surface area contributed by atoms with Crippen LogP contribution in [-0.4, -0.2) is 9.97 Å². The maximum absolute atomic E-state index is 5.89. The number of pyridine rings is 1. The molecule has 0 aliphatic heterocycles. The van der Waals surface area contributed by atoms with Crippen LogP contribution in [0.25, 0.3) is 0 Å². The lowest BCUT2D eigenvalue weighted by atomic mass is 10.2. The smallest absolute Gasteiger partial charge is 0.106 e. The van der Waals surface area contributed by atoms with Crippen LogP contribution in [-0.2, 0) is 0 Å². The van der Waals surface area contributed by atoms with Crippen LogP contribution in [0.15, 0.2) is 41.1 Å². The van der Waals surface area contributed by atoms with Crippen LogP contribution in [0.5, 0.6) is 0 Å². The highest BCUT2D eigenvalue weighted by Crippen LogP contribution is 2.29. The molecule has 0 spiro atoms. The molecule has 0 atom stereocenters. The highest BCUT2D eigenvalue weighted by Gasteiger charge is 2.07. The second-order valence-corrected chi connectivity index (χ2v) is 5.27. The first-order chi connectivity index (χ1) is 8.58. The summed E-state index contributed by atoms with van der Waals surface area (Å²) >= 11 is 14.3. The van der Waals surface area contributed by atoms with E-state index in [1.54, 1.807) is 30.6 Å². The van der Waals surface area contributed by atoms with Crippen molar-refractivity contribution in [3.63, 3.8) is 0 Å². The van der Waals surface area contributed by atoms with E-state index in [2.05, 4.69) is 26.2 Å². The van der Waals surface area contributed by atoms with Gasteiger partial charge in [-0.15, -0.1) is 0 Å². The monoisotopic (exact) mass is 341 g/mol. The minimum Gasteiger partial charge on any atom is -0.389 e. The first kappa shape index (κ1) is 13.3. The molecule has 3 nitrogen and oxygen atoms in total. The van der Waals surface area contributed by atoms with E-state index in [9.17, 15) is 0 Å².